The molecular formula is C24H32GeN2O7S. The Morgan fingerprint density at radius 2 is 1.74 bits per heavy atom. The minimum absolute atomic E-state index is 0. The molecule has 0 atom stereocenters. The van der Waals surface area contributed by atoms with E-state index >= 15 is 0 Å². The predicted molar refractivity (Wildman–Crippen MR) is 136 cm³/mol. The van der Waals surface area contributed by atoms with E-state index in [2.05, 4.69) is 19.0 Å². The van der Waals surface area contributed by atoms with E-state index in [1.165, 1.54) is 19.2 Å². The molecule has 0 unspecified atom stereocenters. The van der Waals surface area contributed by atoms with Crippen molar-refractivity contribution >= 4 is 44.6 Å². The number of phenolic OH excluding ortho intramolecular Hbond substituents is 1. The number of aromatic hydroxyl groups is 1. The fraction of sp³-hybridized carbons (Fsp3) is 0.375. The molecule has 3 rings (SSSR count). The van der Waals surface area contributed by atoms with E-state index in [1.807, 2.05) is 28.8 Å². The normalized spacial score (nSPS) is 10.9. The van der Waals surface area contributed by atoms with Gasteiger partial charge in [0.15, 0.2) is 11.4 Å². The molecule has 35 heavy (non-hydrogen) atoms. The zero-order valence-corrected chi connectivity index (χ0v) is 23.5. The number of unbranched alkanes of at least 4 members (excludes halogenated alkanes) is 1. The molecule has 11 heteroatoms. The molecule has 0 amide bonds. The number of para-hydroxylation sites is 1. The molecule has 0 aliphatic carbocycles. The smallest absolute Gasteiger partial charge is 0.358 e. The first kappa shape index (κ1) is 30.5. The molecule has 4 radical (unpaired) electrons. The molecule has 9 nitrogen and oxygen atoms in total. The van der Waals surface area contributed by atoms with Crippen LogP contribution in [0.15, 0.2) is 47.4 Å². The van der Waals surface area contributed by atoms with Crippen LogP contribution in [0.4, 0.5) is 0 Å². The number of benzene rings is 2. The average Bonchev–Trinajstić information content (AvgIpc) is 3.11. The molecule has 1 aromatic heterocycles. The molecule has 190 valence electrons. The van der Waals surface area contributed by atoms with E-state index in [0.717, 1.165) is 42.9 Å². The third-order valence-corrected chi connectivity index (χ3v) is 6.07. The summed E-state index contributed by atoms with van der Waals surface area (Å²) in [6.07, 6.45) is 2.06. The number of carbonyl (C=O) groups excluding carboxylic acids is 1. The number of esters is 1. The summed E-state index contributed by atoms with van der Waals surface area (Å²) >= 11 is 0. The number of hydrogen-bond donors (Lipinski definition) is 2. The van der Waals surface area contributed by atoms with Crippen molar-refractivity contribution in [2.45, 2.75) is 31.2 Å². The number of hydrogen-bond acceptors (Lipinski definition) is 7. The van der Waals surface area contributed by atoms with Crippen LogP contribution in [0.1, 0.15) is 28.9 Å². The van der Waals surface area contributed by atoms with Crippen molar-refractivity contribution in [3.8, 4) is 11.5 Å². The van der Waals surface area contributed by atoms with Crippen molar-refractivity contribution in [3.05, 3.63) is 53.7 Å². The Kier molecular flexibility index (Phi) is 11.8. The van der Waals surface area contributed by atoms with E-state index in [1.54, 1.807) is 14.0 Å². The molecule has 0 aliphatic heterocycles. The Balaban J connectivity index is 0.000000401. The first-order valence-electron chi connectivity index (χ1n) is 10.7. The van der Waals surface area contributed by atoms with E-state index in [0.29, 0.717) is 17.0 Å². The number of rotatable bonds is 8. The van der Waals surface area contributed by atoms with Gasteiger partial charge in [-0.05, 0) is 64.2 Å². The van der Waals surface area contributed by atoms with Crippen LogP contribution in [-0.4, -0.2) is 86.0 Å². The van der Waals surface area contributed by atoms with Gasteiger partial charge in [-0.3, -0.25) is 4.55 Å². The molecule has 3 aromatic rings. The minimum atomic E-state index is -4.20. The van der Waals surface area contributed by atoms with Crippen LogP contribution in [0.3, 0.4) is 0 Å². The number of nitrogens with zero attached hydrogens (tertiary/aromatic N) is 2. The van der Waals surface area contributed by atoms with Crippen molar-refractivity contribution in [2.75, 3.05) is 34.9 Å². The van der Waals surface area contributed by atoms with Crippen molar-refractivity contribution in [2.24, 2.45) is 0 Å². The van der Waals surface area contributed by atoms with E-state index in [-0.39, 0.29) is 34.2 Å². The number of methoxy groups -OCH3 is 2. The number of carbonyl (C=O) groups is 1. The molecular weight excluding hydrogens is 533 g/mol. The number of aromatic nitrogens is 1. The van der Waals surface area contributed by atoms with Crippen LogP contribution >= 0.6 is 0 Å². The Bertz CT molecular complexity index is 1240. The van der Waals surface area contributed by atoms with Gasteiger partial charge in [-0.25, -0.2) is 4.79 Å². The second-order valence-electron chi connectivity index (χ2n) is 7.98. The molecule has 0 saturated heterocycles. The maximum atomic E-state index is 12.2. The minimum Gasteiger partial charge on any atom is -0.508 e. The Morgan fingerprint density at radius 1 is 1.09 bits per heavy atom. The third-order valence-electron chi connectivity index (χ3n) is 5.22. The molecule has 0 saturated carbocycles. The van der Waals surface area contributed by atoms with Gasteiger partial charge in [0.1, 0.15) is 5.75 Å². The van der Waals surface area contributed by atoms with Gasteiger partial charge in [0.25, 0.3) is 10.1 Å². The zero-order chi connectivity index (χ0) is 25.5. The van der Waals surface area contributed by atoms with Gasteiger partial charge in [0.05, 0.1) is 24.6 Å². The number of ether oxygens (including phenoxy) is 2. The summed E-state index contributed by atoms with van der Waals surface area (Å²) in [7, 11) is 2.91. The summed E-state index contributed by atoms with van der Waals surface area (Å²) in [6, 6.07) is 11.5. The topological polar surface area (TPSA) is 118 Å². The van der Waals surface area contributed by atoms with Crippen molar-refractivity contribution in [1.82, 2.24) is 9.47 Å². The Morgan fingerprint density at radius 3 is 2.29 bits per heavy atom. The van der Waals surface area contributed by atoms with Crippen molar-refractivity contribution in [1.29, 1.82) is 0 Å². The molecule has 2 N–H and O–H groups in total. The summed E-state index contributed by atoms with van der Waals surface area (Å²) in [5.41, 5.74) is 2.06. The van der Waals surface area contributed by atoms with Crippen LogP contribution in [0.5, 0.6) is 11.5 Å². The number of fused-ring (bicyclic) bond motifs is 1. The molecule has 0 aliphatic rings. The first-order valence-corrected chi connectivity index (χ1v) is 12.1. The van der Waals surface area contributed by atoms with Gasteiger partial charge in [-0.1, -0.05) is 18.2 Å². The Hall–Kier alpha value is -2.54. The largest absolute Gasteiger partial charge is 0.508 e. The number of aryl methyl sites for hydroxylation is 2. The van der Waals surface area contributed by atoms with Crippen molar-refractivity contribution < 1.29 is 32.3 Å². The van der Waals surface area contributed by atoms with E-state index in [9.17, 15) is 13.2 Å². The van der Waals surface area contributed by atoms with Gasteiger partial charge in [0, 0.05) is 35.6 Å². The standard InChI is InChI=1S/C17H24N2O3.C7H8O4S.Ge/c1-18(2)11-7-8-12-19-14-10-6-5-9-13(14)16(21-3)15(19)17(20)22-4;1-5-2-3-6(4-7(5)8)12(9,10)11;/h5-6,9-10H,7-8,11-12H2,1-4H3;2-4,8H,1H3,(H,9,10,11);. The SMILES string of the molecule is COC(=O)c1c(OC)c2ccccc2n1CCCCN(C)C.Cc1ccc(S(=O)(=O)O)cc1O.[Ge]. The van der Waals surface area contributed by atoms with Crippen LogP contribution in [0.25, 0.3) is 10.9 Å². The van der Waals surface area contributed by atoms with Gasteiger partial charge < -0.3 is 24.0 Å². The first-order chi connectivity index (χ1) is 16.0. The second kappa shape index (κ2) is 13.5. The van der Waals surface area contributed by atoms with Crippen LogP contribution < -0.4 is 4.74 Å². The van der Waals surface area contributed by atoms with Crippen molar-refractivity contribution in [3.63, 3.8) is 0 Å². The fourth-order valence-electron chi connectivity index (χ4n) is 3.46. The number of phenols is 1. The fourth-order valence-corrected chi connectivity index (χ4v) is 3.96. The third kappa shape index (κ3) is 7.99. The summed E-state index contributed by atoms with van der Waals surface area (Å²) in [5.74, 6) is 0.0841. The average molecular weight is 565 g/mol. The maximum absolute atomic E-state index is 12.2. The summed E-state index contributed by atoms with van der Waals surface area (Å²) in [6.45, 7) is 3.43. The monoisotopic (exact) mass is 566 g/mol. The maximum Gasteiger partial charge on any atom is 0.358 e. The van der Waals surface area contributed by atoms with Crippen LogP contribution in [0, 0.1) is 6.92 Å². The van der Waals surface area contributed by atoms with Gasteiger partial charge >= 0.3 is 5.97 Å². The molecule has 0 spiro atoms. The van der Waals surface area contributed by atoms with Gasteiger partial charge in [-0.2, -0.15) is 8.42 Å². The zero-order valence-electron chi connectivity index (χ0n) is 20.6. The van der Waals surface area contributed by atoms with Gasteiger partial charge in [0.2, 0.25) is 0 Å². The summed E-state index contributed by atoms with van der Waals surface area (Å²) < 4.78 is 42.1. The Labute approximate surface area is 217 Å². The van der Waals surface area contributed by atoms with Crippen LogP contribution in [-0.2, 0) is 21.4 Å². The summed E-state index contributed by atoms with van der Waals surface area (Å²) in [5, 5.41) is 10.0. The molecule has 2 aromatic carbocycles. The summed E-state index contributed by atoms with van der Waals surface area (Å²) in [4.78, 5) is 14.1. The van der Waals surface area contributed by atoms with E-state index in [4.69, 9.17) is 19.1 Å². The predicted octanol–water partition coefficient (Wildman–Crippen LogP) is 3.34. The molecule has 0 bridgehead atoms. The van der Waals surface area contributed by atoms with Crippen LogP contribution in [0.2, 0.25) is 0 Å². The quantitative estimate of drug-likeness (QED) is 0.185. The second-order valence-corrected chi connectivity index (χ2v) is 9.40. The molecule has 1 heterocycles. The van der Waals surface area contributed by atoms with Gasteiger partial charge in [-0.15, -0.1) is 0 Å². The van der Waals surface area contributed by atoms with E-state index < -0.39 is 10.1 Å². The molecule has 0 fully saturated rings.